The molecule has 0 aliphatic heterocycles. The molecule has 2 aromatic rings. The molecule has 1 heterocycles. The van der Waals surface area contributed by atoms with E-state index in [2.05, 4.69) is 31.1 Å². The van der Waals surface area contributed by atoms with E-state index in [4.69, 9.17) is 5.73 Å². The summed E-state index contributed by atoms with van der Waals surface area (Å²) in [5.74, 6) is 1.06. The van der Waals surface area contributed by atoms with E-state index < -0.39 is 10.0 Å². The number of hydrogen-bond donors (Lipinski definition) is 2. The Labute approximate surface area is 125 Å². The number of nitrogens with zero attached hydrogens (tertiary/aromatic N) is 3. The van der Waals surface area contributed by atoms with Crippen molar-refractivity contribution in [2.24, 2.45) is 0 Å². The molecule has 0 saturated carbocycles. The van der Waals surface area contributed by atoms with E-state index in [1.807, 2.05) is 0 Å². The van der Waals surface area contributed by atoms with Gasteiger partial charge in [0, 0.05) is 17.2 Å². The highest BCUT2D eigenvalue weighted by molar-refractivity contribution is 9.10. The Morgan fingerprint density at radius 3 is 2.70 bits per heavy atom. The minimum Gasteiger partial charge on any atom is -0.398 e. The molecule has 0 amide bonds. The van der Waals surface area contributed by atoms with Crippen LogP contribution in [0, 0.1) is 6.92 Å². The minimum absolute atomic E-state index is 0.0919. The van der Waals surface area contributed by atoms with Gasteiger partial charge < -0.3 is 5.73 Å². The fourth-order valence-corrected chi connectivity index (χ4v) is 3.27. The summed E-state index contributed by atoms with van der Waals surface area (Å²) >= 11 is 3.22. The van der Waals surface area contributed by atoms with Gasteiger partial charge in [-0.3, -0.25) is 5.10 Å². The molecule has 1 aromatic carbocycles. The lowest BCUT2D eigenvalue weighted by Gasteiger charge is -2.16. The van der Waals surface area contributed by atoms with Gasteiger partial charge in [0.25, 0.3) is 0 Å². The lowest BCUT2D eigenvalue weighted by Crippen LogP contribution is -2.27. The lowest BCUT2D eigenvalue weighted by molar-refractivity contribution is 0.457. The first kappa shape index (κ1) is 14.9. The molecule has 2 rings (SSSR count). The van der Waals surface area contributed by atoms with Gasteiger partial charge in [-0.15, -0.1) is 0 Å². The van der Waals surface area contributed by atoms with Crippen molar-refractivity contribution in [3.63, 3.8) is 0 Å². The predicted octanol–water partition coefficient (Wildman–Crippen LogP) is 1.28. The number of anilines is 1. The quantitative estimate of drug-likeness (QED) is 0.799. The van der Waals surface area contributed by atoms with Gasteiger partial charge in [-0.05, 0) is 41.1 Å². The van der Waals surface area contributed by atoms with Crippen LogP contribution in [-0.4, -0.2) is 35.0 Å². The Kier molecular flexibility index (Phi) is 4.11. The highest BCUT2D eigenvalue weighted by Crippen LogP contribution is 2.25. The van der Waals surface area contributed by atoms with Crippen molar-refractivity contribution in [3.8, 4) is 0 Å². The van der Waals surface area contributed by atoms with Gasteiger partial charge in [0.05, 0.1) is 11.4 Å². The normalized spacial score (nSPS) is 12.0. The lowest BCUT2D eigenvalue weighted by atomic mass is 10.3. The molecular formula is C11H14BrN5O2S. The number of nitrogen functional groups attached to an aromatic ring is 1. The number of aromatic nitrogens is 3. The molecule has 0 spiro atoms. The summed E-state index contributed by atoms with van der Waals surface area (Å²) < 4.78 is 26.5. The van der Waals surface area contributed by atoms with E-state index in [1.54, 1.807) is 13.0 Å². The van der Waals surface area contributed by atoms with Crippen molar-refractivity contribution in [2.75, 3.05) is 12.8 Å². The van der Waals surface area contributed by atoms with Crippen LogP contribution in [0.3, 0.4) is 0 Å². The van der Waals surface area contributed by atoms with Crippen LogP contribution in [0.25, 0.3) is 0 Å². The Hall–Kier alpha value is -1.45. The number of aromatic amines is 1. The molecule has 0 bridgehead atoms. The van der Waals surface area contributed by atoms with Crippen molar-refractivity contribution in [3.05, 3.63) is 34.3 Å². The van der Waals surface area contributed by atoms with Gasteiger partial charge in [0.15, 0.2) is 5.82 Å². The van der Waals surface area contributed by atoms with Crippen molar-refractivity contribution >= 4 is 31.6 Å². The number of H-pyrrole nitrogens is 1. The minimum atomic E-state index is -3.61. The Bertz CT molecular complexity index is 728. The molecule has 0 atom stereocenters. The predicted molar refractivity (Wildman–Crippen MR) is 78.3 cm³/mol. The maximum atomic E-state index is 12.4. The van der Waals surface area contributed by atoms with E-state index in [0.29, 0.717) is 21.8 Å². The van der Waals surface area contributed by atoms with Gasteiger partial charge in [-0.25, -0.2) is 13.4 Å². The van der Waals surface area contributed by atoms with Crippen LogP contribution < -0.4 is 5.73 Å². The maximum Gasteiger partial charge on any atom is 0.243 e. The van der Waals surface area contributed by atoms with Gasteiger partial charge >= 0.3 is 0 Å². The third-order valence-electron chi connectivity index (χ3n) is 2.69. The molecule has 9 heteroatoms. The number of nitrogens with one attached hydrogen (secondary N) is 1. The molecule has 0 fully saturated rings. The summed E-state index contributed by atoms with van der Waals surface area (Å²) in [6.45, 7) is 1.84. The van der Waals surface area contributed by atoms with Crippen LogP contribution in [0.5, 0.6) is 0 Å². The SMILES string of the molecule is Cc1nc(CN(C)S(=O)(=O)c2ccc(N)c(Br)c2)n[nH]1. The van der Waals surface area contributed by atoms with Gasteiger partial charge in [0.2, 0.25) is 10.0 Å². The van der Waals surface area contributed by atoms with Gasteiger partial charge in [-0.1, -0.05) is 0 Å². The fraction of sp³-hybridized carbons (Fsp3) is 0.273. The third kappa shape index (κ3) is 3.00. The Morgan fingerprint density at radius 2 is 2.15 bits per heavy atom. The summed E-state index contributed by atoms with van der Waals surface area (Å²) in [6.07, 6.45) is 0. The molecule has 20 heavy (non-hydrogen) atoms. The zero-order valence-corrected chi connectivity index (χ0v) is 13.4. The van der Waals surface area contributed by atoms with Crippen molar-refractivity contribution in [1.29, 1.82) is 0 Å². The smallest absolute Gasteiger partial charge is 0.243 e. The maximum absolute atomic E-state index is 12.4. The molecule has 0 radical (unpaired) electrons. The number of halogens is 1. The van der Waals surface area contributed by atoms with Crippen LogP contribution in [0.2, 0.25) is 0 Å². The topological polar surface area (TPSA) is 105 Å². The van der Waals surface area contributed by atoms with Crippen molar-refractivity contribution < 1.29 is 8.42 Å². The molecule has 0 aliphatic rings. The molecule has 108 valence electrons. The van der Waals surface area contributed by atoms with Crippen molar-refractivity contribution in [2.45, 2.75) is 18.4 Å². The second-order valence-electron chi connectivity index (χ2n) is 4.28. The molecule has 1 aromatic heterocycles. The summed E-state index contributed by atoms with van der Waals surface area (Å²) in [5.41, 5.74) is 6.14. The fourth-order valence-electron chi connectivity index (χ4n) is 1.59. The Balaban J connectivity index is 2.27. The number of hydrogen-bond acceptors (Lipinski definition) is 5. The van der Waals surface area contributed by atoms with Crippen LogP contribution in [-0.2, 0) is 16.6 Å². The van der Waals surface area contributed by atoms with Gasteiger partial charge in [-0.2, -0.15) is 9.40 Å². The zero-order chi connectivity index (χ0) is 14.9. The number of rotatable bonds is 4. The largest absolute Gasteiger partial charge is 0.398 e. The third-order valence-corrected chi connectivity index (χ3v) is 5.17. The van der Waals surface area contributed by atoms with Crippen LogP contribution in [0.4, 0.5) is 5.69 Å². The monoisotopic (exact) mass is 359 g/mol. The van der Waals surface area contributed by atoms with Crippen LogP contribution >= 0.6 is 15.9 Å². The highest BCUT2D eigenvalue weighted by Gasteiger charge is 2.22. The number of aryl methyl sites for hydroxylation is 1. The van der Waals surface area contributed by atoms with Crippen LogP contribution in [0.1, 0.15) is 11.6 Å². The average Bonchev–Trinajstić information content (AvgIpc) is 2.78. The van der Waals surface area contributed by atoms with E-state index in [0.717, 1.165) is 0 Å². The summed E-state index contributed by atoms with van der Waals surface area (Å²) in [5, 5.41) is 6.60. The molecule has 0 aliphatic carbocycles. The van der Waals surface area contributed by atoms with Gasteiger partial charge in [0.1, 0.15) is 5.82 Å². The molecule has 3 N–H and O–H groups in total. The van der Waals surface area contributed by atoms with E-state index in [-0.39, 0.29) is 11.4 Å². The molecule has 0 saturated heterocycles. The van der Waals surface area contributed by atoms with E-state index in [9.17, 15) is 8.42 Å². The number of sulfonamides is 1. The van der Waals surface area contributed by atoms with Crippen LogP contribution in [0.15, 0.2) is 27.6 Å². The van der Waals surface area contributed by atoms with E-state index >= 15 is 0 Å². The van der Waals surface area contributed by atoms with Crippen molar-refractivity contribution in [1.82, 2.24) is 19.5 Å². The highest BCUT2D eigenvalue weighted by atomic mass is 79.9. The number of nitrogens with two attached hydrogens (primary N) is 1. The first-order valence-corrected chi connectivity index (χ1v) is 7.93. The molecular weight excluding hydrogens is 346 g/mol. The zero-order valence-electron chi connectivity index (χ0n) is 11.0. The van der Waals surface area contributed by atoms with E-state index in [1.165, 1.54) is 23.5 Å². The molecule has 0 unspecified atom stereocenters. The molecule has 7 nitrogen and oxygen atoms in total. The number of benzene rings is 1. The standard InChI is InChI=1S/C11H14BrN5O2S/c1-7-14-11(16-15-7)6-17(2)20(18,19)8-3-4-10(13)9(12)5-8/h3-5H,6,13H2,1-2H3,(H,14,15,16). The second-order valence-corrected chi connectivity index (χ2v) is 7.18. The summed E-state index contributed by atoms with van der Waals surface area (Å²) in [7, 11) is -2.14. The Morgan fingerprint density at radius 1 is 1.45 bits per heavy atom. The summed E-state index contributed by atoms with van der Waals surface area (Å²) in [6, 6.07) is 4.49. The first-order valence-electron chi connectivity index (χ1n) is 5.70. The average molecular weight is 360 g/mol. The summed E-state index contributed by atoms with van der Waals surface area (Å²) in [4.78, 5) is 4.25. The second kappa shape index (κ2) is 5.51. The first-order chi connectivity index (χ1) is 9.30.